The second-order valence-corrected chi connectivity index (χ2v) is 5.19. The standard InChI is InChI=1S/C19H17NO2/c1-20(21)13-16-10-11-17-8-5-9-19(18(17)12-16)22-14-15-6-3-2-4-7-15/h2-13H,14H2,1H3/b20-13-. The molecule has 0 amide bonds. The van der Waals surface area contributed by atoms with Crippen LogP contribution in [0, 0.1) is 5.21 Å². The Morgan fingerprint density at radius 2 is 1.82 bits per heavy atom. The molecule has 0 heterocycles. The Bertz CT molecular complexity index is 806. The van der Waals surface area contributed by atoms with Crippen molar-refractivity contribution in [2.45, 2.75) is 6.61 Å². The van der Waals surface area contributed by atoms with Crippen LogP contribution in [0.5, 0.6) is 5.75 Å². The van der Waals surface area contributed by atoms with Crippen molar-refractivity contribution in [3.8, 4) is 5.75 Å². The van der Waals surface area contributed by atoms with Crippen LogP contribution >= 0.6 is 0 Å². The first kappa shape index (κ1) is 14.1. The van der Waals surface area contributed by atoms with Crippen molar-refractivity contribution in [1.82, 2.24) is 0 Å². The zero-order valence-electron chi connectivity index (χ0n) is 12.4. The molecule has 110 valence electrons. The number of ether oxygens (including phenoxy) is 1. The van der Waals surface area contributed by atoms with Crippen LogP contribution in [-0.2, 0) is 6.61 Å². The van der Waals surface area contributed by atoms with Crippen LogP contribution in [0.2, 0.25) is 0 Å². The summed E-state index contributed by atoms with van der Waals surface area (Å²) in [6, 6.07) is 21.9. The molecule has 0 atom stereocenters. The van der Waals surface area contributed by atoms with Crippen LogP contribution < -0.4 is 4.74 Å². The van der Waals surface area contributed by atoms with Crippen molar-refractivity contribution >= 4 is 17.0 Å². The van der Waals surface area contributed by atoms with E-state index < -0.39 is 0 Å². The summed E-state index contributed by atoms with van der Waals surface area (Å²) in [7, 11) is 1.47. The Hall–Kier alpha value is -2.81. The summed E-state index contributed by atoms with van der Waals surface area (Å²) in [4.78, 5) is 0. The lowest BCUT2D eigenvalue weighted by Crippen LogP contribution is -1.98. The van der Waals surface area contributed by atoms with Crippen LogP contribution in [0.15, 0.2) is 66.7 Å². The van der Waals surface area contributed by atoms with Crippen LogP contribution in [0.25, 0.3) is 10.8 Å². The number of hydrogen-bond donors (Lipinski definition) is 0. The Labute approximate surface area is 129 Å². The molecule has 0 aromatic heterocycles. The minimum Gasteiger partial charge on any atom is -0.624 e. The second-order valence-electron chi connectivity index (χ2n) is 5.19. The van der Waals surface area contributed by atoms with E-state index in [1.807, 2.05) is 66.7 Å². The topological polar surface area (TPSA) is 35.3 Å². The van der Waals surface area contributed by atoms with Gasteiger partial charge in [0.05, 0.1) is 0 Å². The highest BCUT2D eigenvalue weighted by atomic mass is 16.5. The number of rotatable bonds is 4. The Morgan fingerprint density at radius 1 is 1.00 bits per heavy atom. The third kappa shape index (κ3) is 3.26. The van der Waals surface area contributed by atoms with E-state index in [9.17, 15) is 5.21 Å². The van der Waals surface area contributed by atoms with E-state index in [1.54, 1.807) is 6.21 Å². The Balaban J connectivity index is 1.93. The van der Waals surface area contributed by atoms with Gasteiger partial charge in [-0.1, -0.05) is 48.5 Å². The van der Waals surface area contributed by atoms with Crippen molar-refractivity contribution in [2.24, 2.45) is 0 Å². The highest BCUT2D eigenvalue weighted by molar-refractivity contribution is 5.93. The van der Waals surface area contributed by atoms with Crippen LogP contribution in [0.4, 0.5) is 0 Å². The lowest BCUT2D eigenvalue weighted by Gasteiger charge is -2.10. The van der Waals surface area contributed by atoms with Crippen LogP contribution in [-0.4, -0.2) is 18.0 Å². The maximum atomic E-state index is 11.2. The summed E-state index contributed by atoms with van der Waals surface area (Å²) in [5.41, 5.74) is 1.99. The van der Waals surface area contributed by atoms with Gasteiger partial charge in [0, 0.05) is 10.9 Å². The van der Waals surface area contributed by atoms with E-state index in [0.29, 0.717) is 6.61 Å². The zero-order valence-corrected chi connectivity index (χ0v) is 12.4. The Morgan fingerprint density at radius 3 is 2.59 bits per heavy atom. The number of nitrogens with zero attached hydrogens (tertiary/aromatic N) is 1. The smallest absolute Gasteiger partial charge is 0.181 e. The lowest BCUT2D eigenvalue weighted by atomic mass is 10.1. The van der Waals surface area contributed by atoms with Gasteiger partial charge in [-0.25, -0.2) is 4.74 Å². The van der Waals surface area contributed by atoms with Crippen molar-refractivity contribution in [1.29, 1.82) is 0 Å². The molecule has 0 fully saturated rings. The van der Waals surface area contributed by atoms with Gasteiger partial charge in [0.2, 0.25) is 0 Å². The summed E-state index contributed by atoms with van der Waals surface area (Å²) in [6.45, 7) is 0.523. The fraction of sp³-hybridized carbons (Fsp3) is 0.105. The zero-order chi connectivity index (χ0) is 15.4. The molecule has 3 heteroatoms. The molecule has 0 saturated heterocycles. The van der Waals surface area contributed by atoms with Crippen molar-refractivity contribution in [2.75, 3.05) is 7.05 Å². The third-order valence-electron chi connectivity index (χ3n) is 3.43. The van der Waals surface area contributed by atoms with E-state index in [2.05, 4.69) is 0 Å². The summed E-state index contributed by atoms with van der Waals surface area (Å²) in [5.74, 6) is 0.824. The van der Waals surface area contributed by atoms with Gasteiger partial charge in [0.15, 0.2) is 6.21 Å². The molecule has 3 aromatic carbocycles. The molecule has 0 aliphatic heterocycles. The Kier molecular flexibility index (Phi) is 4.05. The maximum Gasteiger partial charge on any atom is 0.181 e. The molecule has 0 aliphatic carbocycles. The SMILES string of the molecule is C/[N+]([O-])=C/c1ccc2cccc(OCc3ccccc3)c2c1. The summed E-state index contributed by atoms with van der Waals surface area (Å²) >= 11 is 0. The van der Waals surface area contributed by atoms with Crippen molar-refractivity contribution in [3.05, 3.63) is 83.1 Å². The molecule has 22 heavy (non-hydrogen) atoms. The fourth-order valence-electron chi connectivity index (χ4n) is 2.41. The molecule has 3 nitrogen and oxygen atoms in total. The molecule has 3 aromatic rings. The van der Waals surface area contributed by atoms with Gasteiger partial charge < -0.3 is 9.94 Å². The first-order valence-corrected chi connectivity index (χ1v) is 7.17. The van der Waals surface area contributed by atoms with Crippen LogP contribution in [0.1, 0.15) is 11.1 Å². The minimum absolute atomic E-state index is 0.523. The molecule has 0 bridgehead atoms. The lowest BCUT2D eigenvalue weighted by molar-refractivity contribution is -0.416. The van der Waals surface area contributed by atoms with Crippen molar-refractivity contribution in [3.63, 3.8) is 0 Å². The van der Waals surface area contributed by atoms with Gasteiger partial charge >= 0.3 is 0 Å². The van der Waals surface area contributed by atoms with E-state index >= 15 is 0 Å². The predicted molar refractivity (Wildman–Crippen MR) is 89.4 cm³/mol. The third-order valence-corrected chi connectivity index (χ3v) is 3.43. The normalized spacial score (nSPS) is 11.6. The number of benzene rings is 3. The van der Waals surface area contributed by atoms with Gasteiger partial charge in [0.1, 0.15) is 19.4 Å². The first-order valence-electron chi connectivity index (χ1n) is 7.17. The van der Waals surface area contributed by atoms with Gasteiger partial charge in [-0.2, -0.15) is 0 Å². The molecule has 0 saturated carbocycles. The number of hydroxylamine groups is 1. The predicted octanol–water partition coefficient (Wildman–Crippen LogP) is 3.98. The molecule has 3 rings (SSSR count). The first-order chi connectivity index (χ1) is 10.7. The second kappa shape index (κ2) is 6.31. The monoisotopic (exact) mass is 291 g/mol. The van der Waals surface area contributed by atoms with Gasteiger partial charge in [0.25, 0.3) is 0 Å². The highest BCUT2D eigenvalue weighted by Gasteiger charge is 2.04. The van der Waals surface area contributed by atoms with E-state index in [-0.39, 0.29) is 0 Å². The highest BCUT2D eigenvalue weighted by Crippen LogP contribution is 2.27. The largest absolute Gasteiger partial charge is 0.624 e. The summed E-state index contributed by atoms with van der Waals surface area (Å²) < 4.78 is 6.76. The average molecular weight is 291 g/mol. The average Bonchev–Trinajstić information content (AvgIpc) is 2.53. The summed E-state index contributed by atoms with van der Waals surface area (Å²) in [6.07, 6.45) is 1.55. The molecule has 0 spiro atoms. The quantitative estimate of drug-likeness (QED) is 0.315. The number of fused-ring (bicyclic) bond motifs is 1. The van der Waals surface area contributed by atoms with E-state index in [4.69, 9.17) is 4.74 Å². The minimum atomic E-state index is 0.523. The van der Waals surface area contributed by atoms with Crippen molar-refractivity contribution < 1.29 is 9.48 Å². The maximum absolute atomic E-state index is 11.2. The molecular formula is C19H17NO2. The van der Waals surface area contributed by atoms with E-state index in [0.717, 1.165) is 32.4 Å². The van der Waals surface area contributed by atoms with Crippen LogP contribution in [0.3, 0.4) is 0 Å². The van der Waals surface area contributed by atoms with Gasteiger partial charge in [-0.3, -0.25) is 0 Å². The summed E-state index contributed by atoms with van der Waals surface area (Å²) in [5, 5.41) is 13.3. The van der Waals surface area contributed by atoms with E-state index in [1.165, 1.54) is 7.05 Å². The molecule has 0 unspecified atom stereocenters. The molecule has 0 N–H and O–H groups in total. The molecule has 0 aliphatic rings. The van der Waals surface area contributed by atoms with Gasteiger partial charge in [-0.05, 0) is 29.1 Å². The molecular weight excluding hydrogens is 274 g/mol. The molecule has 0 radical (unpaired) electrons. The number of hydrogen-bond acceptors (Lipinski definition) is 2. The van der Waals surface area contributed by atoms with Gasteiger partial charge in [-0.15, -0.1) is 0 Å². The fourth-order valence-corrected chi connectivity index (χ4v) is 2.41.